The lowest BCUT2D eigenvalue weighted by molar-refractivity contribution is -0.992. The Balaban J connectivity index is 2.06. The second-order valence-corrected chi connectivity index (χ2v) is 5.93. The van der Waals surface area contributed by atoms with Gasteiger partial charge in [0.25, 0.3) is 0 Å². The lowest BCUT2D eigenvalue weighted by Gasteiger charge is -2.57. The van der Waals surface area contributed by atoms with Gasteiger partial charge >= 0.3 is 0 Å². The fourth-order valence-electron chi connectivity index (χ4n) is 3.90. The highest BCUT2D eigenvalue weighted by atomic mass is 16.5. The average Bonchev–Trinajstić information content (AvgIpc) is 2.41. The highest BCUT2D eigenvalue weighted by Crippen LogP contribution is 2.50. The summed E-state index contributed by atoms with van der Waals surface area (Å²) >= 11 is 0. The number of hydrogen-bond acceptors (Lipinski definition) is 3. The average molecular weight is 264 g/mol. The first-order valence-electron chi connectivity index (χ1n) is 6.83. The maximum atomic E-state index is 9.53. The Morgan fingerprint density at radius 2 is 1.95 bits per heavy atom. The van der Waals surface area contributed by atoms with Crippen LogP contribution in [0.5, 0.6) is 11.5 Å². The van der Waals surface area contributed by atoms with E-state index in [1.807, 2.05) is 0 Å². The molecule has 0 saturated carbocycles. The standard InChI is InChI=1S/C15H22NO3/c1-16-5-4-10-6-13(18-2)14(19-3)7-12(10)15(16)11(8-16)9-17/h6-7,11,15,17H,4-5,8-9H2,1-3H3/q+1/t11-,15-,16?/m1/s1. The lowest BCUT2D eigenvalue weighted by Crippen LogP contribution is -2.66. The van der Waals surface area contributed by atoms with E-state index in [0.29, 0.717) is 12.0 Å². The number of benzene rings is 1. The molecule has 0 aromatic heterocycles. The van der Waals surface area contributed by atoms with E-state index in [2.05, 4.69) is 19.2 Å². The lowest BCUT2D eigenvalue weighted by atomic mass is 9.75. The number of rotatable bonds is 3. The first-order valence-corrected chi connectivity index (χ1v) is 6.83. The van der Waals surface area contributed by atoms with E-state index in [0.717, 1.165) is 35.5 Å². The van der Waals surface area contributed by atoms with Crippen LogP contribution < -0.4 is 9.47 Å². The SMILES string of the molecule is COc1cc2c(cc1OC)[C@H]1[C@@H](CO)C[N+]1(C)CC2. The molecule has 1 N–H and O–H groups in total. The molecule has 0 spiro atoms. The van der Waals surface area contributed by atoms with Crippen LogP contribution in [0.1, 0.15) is 17.2 Å². The summed E-state index contributed by atoms with van der Waals surface area (Å²) in [7, 11) is 5.63. The van der Waals surface area contributed by atoms with Crippen LogP contribution in [0.25, 0.3) is 0 Å². The fraction of sp³-hybridized carbons (Fsp3) is 0.600. The summed E-state index contributed by atoms with van der Waals surface area (Å²) in [5.74, 6) is 1.97. The third-order valence-corrected chi connectivity index (χ3v) is 4.86. The van der Waals surface area contributed by atoms with Crippen LogP contribution in [0.3, 0.4) is 0 Å². The zero-order valence-electron chi connectivity index (χ0n) is 11.8. The minimum Gasteiger partial charge on any atom is -0.493 e. The van der Waals surface area contributed by atoms with Crippen LogP contribution >= 0.6 is 0 Å². The van der Waals surface area contributed by atoms with Crippen LogP contribution in [0.4, 0.5) is 0 Å². The van der Waals surface area contributed by atoms with Crippen molar-refractivity contribution in [2.75, 3.05) is 41.0 Å². The molecule has 1 fully saturated rings. The molecule has 1 unspecified atom stereocenters. The molecule has 4 nitrogen and oxygen atoms in total. The first kappa shape index (κ1) is 12.8. The van der Waals surface area contributed by atoms with Crippen molar-refractivity contribution in [3.63, 3.8) is 0 Å². The van der Waals surface area contributed by atoms with Crippen molar-refractivity contribution in [1.82, 2.24) is 0 Å². The van der Waals surface area contributed by atoms with Crippen LogP contribution in [-0.2, 0) is 6.42 Å². The second-order valence-electron chi connectivity index (χ2n) is 5.93. The molecule has 2 aliphatic rings. The van der Waals surface area contributed by atoms with Crippen molar-refractivity contribution in [2.45, 2.75) is 12.5 Å². The van der Waals surface area contributed by atoms with Crippen molar-refractivity contribution in [3.05, 3.63) is 23.3 Å². The van der Waals surface area contributed by atoms with E-state index < -0.39 is 0 Å². The van der Waals surface area contributed by atoms with Gasteiger partial charge in [0, 0.05) is 12.0 Å². The van der Waals surface area contributed by atoms with Gasteiger partial charge in [-0.2, -0.15) is 0 Å². The minimum absolute atomic E-state index is 0.270. The third kappa shape index (κ3) is 1.74. The predicted octanol–water partition coefficient (Wildman–Crippen LogP) is 1.37. The zero-order valence-corrected chi connectivity index (χ0v) is 11.8. The molecule has 2 heterocycles. The van der Waals surface area contributed by atoms with E-state index in [4.69, 9.17) is 9.47 Å². The van der Waals surface area contributed by atoms with Gasteiger partial charge in [0.05, 0.1) is 46.9 Å². The molecule has 19 heavy (non-hydrogen) atoms. The molecule has 4 heteroatoms. The molecule has 0 bridgehead atoms. The largest absolute Gasteiger partial charge is 0.493 e. The summed E-state index contributed by atoms with van der Waals surface area (Å²) in [5, 5.41) is 9.53. The summed E-state index contributed by atoms with van der Waals surface area (Å²) in [6.45, 7) is 2.49. The number of hydrogen-bond donors (Lipinski definition) is 1. The monoisotopic (exact) mass is 264 g/mol. The van der Waals surface area contributed by atoms with Crippen molar-refractivity contribution >= 4 is 0 Å². The Bertz CT molecular complexity index is 502. The van der Waals surface area contributed by atoms with Crippen molar-refractivity contribution in [3.8, 4) is 11.5 Å². The molecule has 0 radical (unpaired) electrons. The number of methoxy groups -OCH3 is 2. The van der Waals surface area contributed by atoms with E-state index >= 15 is 0 Å². The maximum Gasteiger partial charge on any atom is 0.161 e. The Morgan fingerprint density at radius 3 is 2.58 bits per heavy atom. The molecular weight excluding hydrogens is 242 g/mol. The maximum absolute atomic E-state index is 9.53. The van der Waals surface area contributed by atoms with E-state index in [1.54, 1.807) is 14.2 Å². The Hall–Kier alpha value is -1.26. The van der Waals surface area contributed by atoms with Crippen LogP contribution in [0, 0.1) is 5.92 Å². The Morgan fingerprint density at radius 1 is 1.26 bits per heavy atom. The summed E-state index contributed by atoms with van der Waals surface area (Å²) in [6, 6.07) is 4.62. The second kappa shape index (κ2) is 4.39. The van der Waals surface area contributed by atoms with Crippen LogP contribution in [-0.4, -0.2) is 50.6 Å². The number of nitrogens with zero attached hydrogens (tertiary/aromatic N) is 1. The first-order chi connectivity index (χ1) is 9.12. The van der Waals surface area contributed by atoms with Crippen LogP contribution in [0.2, 0.25) is 0 Å². The highest BCUT2D eigenvalue weighted by Gasteiger charge is 2.54. The fourth-order valence-corrected chi connectivity index (χ4v) is 3.90. The predicted molar refractivity (Wildman–Crippen MR) is 72.5 cm³/mol. The quantitative estimate of drug-likeness (QED) is 0.838. The zero-order chi connectivity index (χ0) is 13.6. The number of aliphatic hydroxyl groups excluding tert-OH is 1. The molecule has 104 valence electrons. The topological polar surface area (TPSA) is 38.7 Å². The number of aliphatic hydroxyl groups is 1. The van der Waals surface area contributed by atoms with Gasteiger partial charge in [-0.05, 0) is 17.7 Å². The summed E-state index contributed by atoms with van der Waals surface area (Å²) in [4.78, 5) is 0. The number of fused-ring (bicyclic) bond motifs is 3. The van der Waals surface area contributed by atoms with Gasteiger partial charge in [-0.3, -0.25) is 0 Å². The van der Waals surface area contributed by atoms with Crippen LogP contribution in [0.15, 0.2) is 12.1 Å². The molecule has 1 aromatic rings. The summed E-state index contributed by atoms with van der Waals surface area (Å²) in [6.07, 6.45) is 1.07. The smallest absolute Gasteiger partial charge is 0.161 e. The number of ether oxygens (including phenoxy) is 2. The van der Waals surface area contributed by atoms with E-state index in [1.165, 1.54) is 11.1 Å². The summed E-state index contributed by atoms with van der Waals surface area (Å²) < 4.78 is 11.8. The van der Waals surface area contributed by atoms with Gasteiger partial charge in [0.15, 0.2) is 11.5 Å². The molecule has 2 aliphatic heterocycles. The highest BCUT2D eigenvalue weighted by molar-refractivity contribution is 5.49. The molecular formula is C15H22NO3+. The van der Waals surface area contributed by atoms with E-state index in [9.17, 15) is 5.11 Å². The number of likely N-dealkylation sites (N-methyl/N-ethyl adjacent to an activating group) is 1. The van der Waals surface area contributed by atoms with Crippen molar-refractivity contribution in [1.29, 1.82) is 0 Å². The van der Waals surface area contributed by atoms with Gasteiger partial charge < -0.3 is 19.1 Å². The molecule has 1 saturated heterocycles. The third-order valence-electron chi connectivity index (χ3n) is 4.86. The normalized spacial score (nSPS) is 32.0. The molecule has 0 aliphatic carbocycles. The molecule has 3 atom stereocenters. The van der Waals surface area contributed by atoms with Gasteiger partial charge in [0.2, 0.25) is 0 Å². The van der Waals surface area contributed by atoms with Crippen molar-refractivity contribution in [2.24, 2.45) is 5.92 Å². The molecule has 1 aromatic carbocycles. The molecule has 3 rings (SSSR count). The van der Waals surface area contributed by atoms with Gasteiger partial charge in [-0.25, -0.2) is 0 Å². The van der Waals surface area contributed by atoms with Crippen molar-refractivity contribution < 1.29 is 19.1 Å². The molecule has 0 amide bonds. The minimum atomic E-state index is 0.270. The van der Waals surface area contributed by atoms with Gasteiger partial charge in [-0.15, -0.1) is 0 Å². The van der Waals surface area contributed by atoms with Gasteiger partial charge in [-0.1, -0.05) is 0 Å². The van der Waals surface area contributed by atoms with E-state index in [-0.39, 0.29) is 6.61 Å². The Labute approximate surface area is 114 Å². The summed E-state index contributed by atoms with van der Waals surface area (Å²) in [5.41, 5.74) is 2.67. The Kier molecular flexibility index (Phi) is 2.95. The number of quaternary nitrogens is 1. The van der Waals surface area contributed by atoms with Gasteiger partial charge in [0.1, 0.15) is 6.04 Å².